The summed E-state index contributed by atoms with van der Waals surface area (Å²) in [7, 11) is 0. The zero-order chi connectivity index (χ0) is 14.7. The summed E-state index contributed by atoms with van der Waals surface area (Å²) in [6.45, 7) is 6.40. The minimum absolute atomic E-state index is 0.0614. The largest absolute Gasteiger partial charge is 0.373 e. The molecule has 21 heavy (non-hydrogen) atoms. The molecule has 1 aliphatic carbocycles. The summed E-state index contributed by atoms with van der Waals surface area (Å²) in [5, 5.41) is 3.73. The van der Waals surface area contributed by atoms with E-state index in [0.717, 1.165) is 25.5 Å². The first-order valence-corrected chi connectivity index (χ1v) is 8.71. The second-order valence-electron chi connectivity index (χ2n) is 6.87. The Morgan fingerprint density at radius 2 is 2.05 bits per heavy atom. The first kappa shape index (κ1) is 15.1. The maximum Gasteiger partial charge on any atom is 0.0848 e. The molecule has 2 unspecified atom stereocenters. The maximum atomic E-state index is 6.26. The van der Waals surface area contributed by atoms with Crippen molar-refractivity contribution < 1.29 is 4.74 Å². The molecule has 0 bridgehead atoms. The van der Waals surface area contributed by atoms with Crippen molar-refractivity contribution in [1.29, 1.82) is 0 Å². The van der Waals surface area contributed by atoms with E-state index >= 15 is 0 Å². The minimum atomic E-state index is -0.0614. The molecular weight excluding hydrogens is 258 g/mol. The lowest BCUT2D eigenvalue weighted by molar-refractivity contribution is -0.0897. The van der Waals surface area contributed by atoms with Crippen molar-refractivity contribution in [2.45, 2.75) is 69.9 Å². The molecule has 2 heteroatoms. The van der Waals surface area contributed by atoms with E-state index in [2.05, 4.69) is 43.4 Å². The van der Waals surface area contributed by atoms with Gasteiger partial charge in [-0.1, -0.05) is 37.6 Å². The Kier molecular flexibility index (Phi) is 4.66. The Morgan fingerprint density at radius 1 is 1.24 bits per heavy atom. The summed E-state index contributed by atoms with van der Waals surface area (Å²) in [6, 6.07) is 9.37. The molecule has 1 heterocycles. The van der Waals surface area contributed by atoms with Crippen molar-refractivity contribution in [2.24, 2.45) is 0 Å². The molecule has 1 aromatic rings. The summed E-state index contributed by atoms with van der Waals surface area (Å²) in [6.07, 6.45) is 7.74. The van der Waals surface area contributed by atoms with Gasteiger partial charge in [0.05, 0.1) is 11.6 Å². The summed E-state index contributed by atoms with van der Waals surface area (Å²) < 4.78 is 6.26. The van der Waals surface area contributed by atoms with Crippen molar-refractivity contribution >= 4 is 0 Å². The van der Waals surface area contributed by atoms with Crippen molar-refractivity contribution in [2.75, 3.05) is 13.2 Å². The van der Waals surface area contributed by atoms with E-state index in [0.29, 0.717) is 6.04 Å². The van der Waals surface area contributed by atoms with E-state index in [4.69, 9.17) is 4.74 Å². The molecule has 2 nitrogen and oxygen atoms in total. The molecule has 2 aliphatic rings. The van der Waals surface area contributed by atoms with E-state index < -0.39 is 0 Å². The van der Waals surface area contributed by atoms with Crippen LogP contribution in [0.25, 0.3) is 0 Å². The summed E-state index contributed by atoms with van der Waals surface area (Å²) in [5.74, 6) is 0.773. The van der Waals surface area contributed by atoms with Gasteiger partial charge in [-0.15, -0.1) is 0 Å². The summed E-state index contributed by atoms with van der Waals surface area (Å²) >= 11 is 0. The van der Waals surface area contributed by atoms with E-state index in [-0.39, 0.29) is 5.60 Å². The average molecular weight is 287 g/mol. The standard InChI is InChI=1S/C19H29NO/c1-3-20-18(19(2)13-6-7-14-21-19)17-12-5-4-11-16(17)15-9-8-10-15/h4-5,11-12,15,18,20H,3,6-10,13-14H2,1-2H3. The van der Waals surface area contributed by atoms with E-state index in [1.165, 1.54) is 37.7 Å². The molecule has 0 amide bonds. The van der Waals surface area contributed by atoms with Crippen LogP contribution in [-0.2, 0) is 4.74 Å². The highest BCUT2D eigenvalue weighted by atomic mass is 16.5. The maximum absolute atomic E-state index is 6.26. The van der Waals surface area contributed by atoms with E-state index in [9.17, 15) is 0 Å². The number of likely N-dealkylation sites (N-methyl/N-ethyl adjacent to an activating group) is 1. The normalized spacial score (nSPS) is 28.1. The van der Waals surface area contributed by atoms with Gasteiger partial charge in [-0.3, -0.25) is 0 Å². The molecule has 2 fully saturated rings. The van der Waals surface area contributed by atoms with Crippen LogP contribution in [0.1, 0.15) is 75.5 Å². The van der Waals surface area contributed by atoms with Crippen LogP contribution < -0.4 is 5.32 Å². The highest BCUT2D eigenvalue weighted by molar-refractivity contribution is 5.36. The predicted molar refractivity (Wildman–Crippen MR) is 87.7 cm³/mol. The Hall–Kier alpha value is -0.860. The zero-order valence-corrected chi connectivity index (χ0v) is 13.5. The Balaban J connectivity index is 1.93. The van der Waals surface area contributed by atoms with E-state index in [1.54, 1.807) is 5.56 Å². The Bertz CT molecular complexity index is 460. The number of benzene rings is 1. The smallest absolute Gasteiger partial charge is 0.0848 e. The third-order valence-corrected chi connectivity index (χ3v) is 5.37. The first-order chi connectivity index (χ1) is 10.2. The molecular formula is C19H29NO. The lowest BCUT2D eigenvalue weighted by Gasteiger charge is -2.43. The van der Waals surface area contributed by atoms with Crippen LogP contribution in [0.3, 0.4) is 0 Å². The number of nitrogens with one attached hydrogen (secondary N) is 1. The van der Waals surface area contributed by atoms with Gasteiger partial charge in [-0.2, -0.15) is 0 Å². The molecule has 1 N–H and O–H groups in total. The fourth-order valence-corrected chi connectivity index (χ4v) is 3.91. The van der Waals surface area contributed by atoms with Gasteiger partial charge < -0.3 is 10.1 Å². The fourth-order valence-electron chi connectivity index (χ4n) is 3.91. The molecule has 0 aromatic heterocycles. The monoisotopic (exact) mass is 287 g/mol. The zero-order valence-electron chi connectivity index (χ0n) is 13.5. The molecule has 116 valence electrons. The topological polar surface area (TPSA) is 21.3 Å². The van der Waals surface area contributed by atoms with Crippen molar-refractivity contribution in [3.8, 4) is 0 Å². The van der Waals surface area contributed by atoms with Gasteiger partial charge in [0, 0.05) is 6.61 Å². The molecule has 1 saturated carbocycles. The van der Waals surface area contributed by atoms with Crippen molar-refractivity contribution in [1.82, 2.24) is 5.32 Å². The molecule has 0 radical (unpaired) electrons. The van der Waals surface area contributed by atoms with Gasteiger partial charge in [-0.05, 0) is 62.6 Å². The molecule has 3 rings (SSSR count). The molecule has 1 saturated heterocycles. The summed E-state index contributed by atoms with van der Waals surface area (Å²) in [4.78, 5) is 0. The number of hydrogen-bond acceptors (Lipinski definition) is 2. The number of hydrogen-bond donors (Lipinski definition) is 1. The third-order valence-electron chi connectivity index (χ3n) is 5.37. The second-order valence-corrected chi connectivity index (χ2v) is 6.87. The Morgan fingerprint density at radius 3 is 2.67 bits per heavy atom. The van der Waals surface area contributed by atoms with Crippen LogP contribution in [0.4, 0.5) is 0 Å². The molecule has 1 aromatic carbocycles. The highest BCUT2D eigenvalue weighted by Gasteiger charge is 2.39. The van der Waals surface area contributed by atoms with Gasteiger partial charge in [0.15, 0.2) is 0 Å². The van der Waals surface area contributed by atoms with Crippen LogP contribution in [0, 0.1) is 0 Å². The van der Waals surface area contributed by atoms with Gasteiger partial charge >= 0.3 is 0 Å². The van der Waals surface area contributed by atoms with Crippen LogP contribution in [0.15, 0.2) is 24.3 Å². The third kappa shape index (κ3) is 3.02. The SMILES string of the molecule is CCNC(c1ccccc1C1CCC1)C1(C)CCCCO1. The highest BCUT2D eigenvalue weighted by Crippen LogP contribution is 2.43. The van der Waals surface area contributed by atoms with Gasteiger partial charge in [0.2, 0.25) is 0 Å². The van der Waals surface area contributed by atoms with Crippen LogP contribution >= 0.6 is 0 Å². The molecule has 2 atom stereocenters. The van der Waals surface area contributed by atoms with Crippen LogP contribution in [0.2, 0.25) is 0 Å². The predicted octanol–water partition coefficient (Wildman–Crippen LogP) is 4.56. The van der Waals surface area contributed by atoms with Crippen molar-refractivity contribution in [3.05, 3.63) is 35.4 Å². The lowest BCUT2D eigenvalue weighted by atomic mass is 9.74. The average Bonchev–Trinajstić information content (AvgIpc) is 2.45. The minimum Gasteiger partial charge on any atom is -0.373 e. The summed E-state index contributed by atoms with van der Waals surface area (Å²) in [5.41, 5.74) is 2.98. The molecule has 0 spiro atoms. The van der Waals surface area contributed by atoms with Gasteiger partial charge in [-0.25, -0.2) is 0 Å². The van der Waals surface area contributed by atoms with E-state index in [1.807, 2.05) is 0 Å². The van der Waals surface area contributed by atoms with Crippen molar-refractivity contribution in [3.63, 3.8) is 0 Å². The fraction of sp³-hybridized carbons (Fsp3) is 0.684. The van der Waals surface area contributed by atoms with Gasteiger partial charge in [0.25, 0.3) is 0 Å². The Labute approximate surface area is 129 Å². The van der Waals surface area contributed by atoms with Crippen LogP contribution in [0.5, 0.6) is 0 Å². The quantitative estimate of drug-likeness (QED) is 0.857. The number of ether oxygens (including phenoxy) is 1. The van der Waals surface area contributed by atoms with Crippen LogP contribution in [-0.4, -0.2) is 18.8 Å². The number of rotatable bonds is 5. The lowest BCUT2D eigenvalue weighted by Crippen LogP contribution is -2.46. The van der Waals surface area contributed by atoms with Gasteiger partial charge in [0.1, 0.15) is 0 Å². The second kappa shape index (κ2) is 6.50. The first-order valence-electron chi connectivity index (χ1n) is 8.71. The molecule has 1 aliphatic heterocycles.